The number of ether oxygens (including phenoxy) is 3. The molecule has 7 heteroatoms. The Morgan fingerprint density at radius 3 is 1.29 bits per heavy atom. The van der Waals surface area contributed by atoms with E-state index in [4.69, 9.17) is 14.2 Å². The summed E-state index contributed by atoms with van der Waals surface area (Å²) in [4.78, 5) is 40.6. The molecule has 0 radical (unpaired) electrons. The van der Waals surface area contributed by atoms with E-state index in [1.165, 1.54) is 0 Å². The number of allylic oxidation sites excluding steroid dienone is 2. The van der Waals surface area contributed by atoms with Gasteiger partial charge in [-0.25, -0.2) is 0 Å². The molecule has 0 rings (SSSR count). The molecular formula is C41H75NO6. The lowest BCUT2D eigenvalue weighted by Gasteiger charge is -2.48. The first kappa shape index (κ1) is 45.9. The highest BCUT2D eigenvalue weighted by Crippen LogP contribution is 2.49. The Kier molecular flexibility index (Phi) is 17.4. The maximum Gasteiger partial charge on any atom is 0.312 e. The number of hydrogen-bond acceptors (Lipinski definition) is 7. The van der Waals surface area contributed by atoms with E-state index in [-0.39, 0.29) is 70.7 Å². The third-order valence-electron chi connectivity index (χ3n) is 10.2. The van der Waals surface area contributed by atoms with Crippen molar-refractivity contribution in [3.8, 4) is 0 Å². The van der Waals surface area contributed by atoms with Crippen molar-refractivity contribution in [3.05, 3.63) is 24.3 Å². The Labute approximate surface area is 296 Å². The number of hydrogen-bond donors (Lipinski definition) is 0. The molecule has 280 valence electrons. The van der Waals surface area contributed by atoms with E-state index in [1.807, 2.05) is 81.6 Å². The van der Waals surface area contributed by atoms with Gasteiger partial charge in [0.1, 0.15) is 19.3 Å². The number of rotatable bonds is 21. The van der Waals surface area contributed by atoms with Crippen molar-refractivity contribution in [2.45, 2.75) is 143 Å². The van der Waals surface area contributed by atoms with E-state index >= 15 is 0 Å². The summed E-state index contributed by atoms with van der Waals surface area (Å²) >= 11 is 0. The predicted molar refractivity (Wildman–Crippen MR) is 199 cm³/mol. The van der Waals surface area contributed by atoms with E-state index in [9.17, 15) is 14.4 Å². The Balaban J connectivity index is 6.01. The van der Waals surface area contributed by atoms with Gasteiger partial charge in [0, 0.05) is 17.3 Å². The fraction of sp³-hybridized carbons (Fsp3) is 0.829. The quantitative estimate of drug-likeness (QED) is 0.0680. The van der Waals surface area contributed by atoms with E-state index < -0.39 is 10.8 Å². The van der Waals surface area contributed by atoms with E-state index in [0.29, 0.717) is 6.42 Å². The standard InChI is InChI=1S/C41H75NO6/c1-30(2)40(13,14)34(44)46-26-20-23-36(5,6)28-38(9,10)33(48-32(43)22-19-25-42(17)18)39(11,12)29-37(7,8)24-21-27-47-35(45)41(15,16)31(3)4/h20-21,23-24,30-31,33H,19,22,25-29H2,1-18H3. The average molecular weight is 678 g/mol. The molecule has 0 aromatic carbocycles. The highest BCUT2D eigenvalue weighted by atomic mass is 16.5. The largest absolute Gasteiger partial charge is 0.461 e. The molecule has 0 saturated carbocycles. The third kappa shape index (κ3) is 15.6. The Bertz CT molecular complexity index is 1020. The van der Waals surface area contributed by atoms with E-state index in [0.717, 1.165) is 25.8 Å². The normalized spacial score (nSPS) is 14.8. The lowest BCUT2D eigenvalue weighted by atomic mass is 9.61. The van der Waals surface area contributed by atoms with Crippen LogP contribution < -0.4 is 0 Å². The number of nitrogens with zero attached hydrogens (tertiary/aromatic N) is 1. The van der Waals surface area contributed by atoms with Crippen LogP contribution in [0.2, 0.25) is 0 Å². The molecule has 0 atom stereocenters. The summed E-state index contributed by atoms with van der Waals surface area (Å²) in [6.07, 6.45) is 10.3. The van der Waals surface area contributed by atoms with Gasteiger partial charge in [-0.2, -0.15) is 0 Å². The second-order valence-corrected chi connectivity index (χ2v) is 18.8. The minimum Gasteiger partial charge on any atom is -0.461 e. The SMILES string of the molecule is CC(C)C(C)(C)C(=O)OCC=CC(C)(C)CC(C)(C)C(OC(=O)CCCN(C)C)C(C)(C)CC(C)(C)C=CCOC(=O)C(C)(C)C(C)C. The van der Waals surface area contributed by atoms with Crippen molar-refractivity contribution in [1.29, 1.82) is 0 Å². The maximum atomic E-state index is 13.3. The van der Waals surface area contributed by atoms with Crippen molar-refractivity contribution < 1.29 is 28.6 Å². The summed E-state index contributed by atoms with van der Waals surface area (Å²) in [6.45, 7) is 34.5. The van der Waals surface area contributed by atoms with Gasteiger partial charge in [0.15, 0.2) is 0 Å². The monoisotopic (exact) mass is 678 g/mol. The van der Waals surface area contributed by atoms with Crippen LogP contribution in [0.15, 0.2) is 24.3 Å². The Morgan fingerprint density at radius 1 is 0.625 bits per heavy atom. The zero-order valence-corrected chi connectivity index (χ0v) is 34.4. The van der Waals surface area contributed by atoms with Crippen molar-refractivity contribution in [3.63, 3.8) is 0 Å². The molecule has 0 aliphatic rings. The van der Waals surface area contributed by atoms with Gasteiger partial charge >= 0.3 is 17.9 Å². The molecule has 0 fully saturated rings. The molecule has 0 heterocycles. The molecule has 0 amide bonds. The van der Waals surface area contributed by atoms with E-state index in [1.54, 1.807) is 0 Å². The molecule has 0 spiro atoms. The molecule has 48 heavy (non-hydrogen) atoms. The zero-order chi connectivity index (χ0) is 37.9. The molecular weight excluding hydrogens is 602 g/mol. The van der Waals surface area contributed by atoms with Gasteiger partial charge in [-0.3, -0.25) is 14.4 Å². The molecule has 0 N–H and O–H groups in total. The van der Waals surface area contributed by atoms with Crippen LogP contribution in [-0.4, -0.2) is 62.8 Å². The molecule has 0 aliphatic carbocycles. The van der Waals surface area contributed by atoms with Gasteiger partial charge in [-0.15, -0.1) is 0 Å². The lowest BCUT2D eigenvalue weighted by molar-refractivity contribution is -0.170. The lowest BCUT2D eigenvalue weighted by Crippen LogP contribution is -2.48. The van der Waals surface area contributed by atoms with Gasteiger partial charge in [0.25, 0.3) is 0 Å². The molecule has 0 aromatic rings. The highest BCUT2D eigenvalue weighted by molar-refractivity contribution is 5.76. The Morgan fingerprint density at radius 2 is 0.979 bits per heavy atom. The smallest absolute Gasteiger partial charge is 0.312 e. The fourth-order valence-corrected chi connectivity index (χ4v) is 6.58. The van der Waals surface area contributed by atoms with Crippen LogP contribution in [0.4, 0.5) is 0 Å². The van der Waals surface area contributed by atoms with Gasteiger partial charge < -0.3 is 19.1 Å². The zero-order valence-electron chi connectivity index (χ0n) is 34.4. The van der Waals surface area contributed by atoms with Crippen LogP contribution in [-0.2, 0) is 28.6 Å². The first-order chi connectivity index (χ1) is 21.5. The van der Waals surface area contributed by atoms with Gasteiger partial charge in [0.05, 0.1) is 10.8 Å². The number of carbonyl (C=O) groups is 3. The predicted octanol–water partition coefficient (Wildman–Crippen LogP) is 9.69. The van der Waals surface area contributed by atoms with Crippen LogP contribution >= 0.6 is 0 Å². The van der Waals surface area contributed by atoms with Crippen molar-refractivity contribution in [2.24, 2.45) is 44.3 Å². The minimum absolute atomic E-state index is 0.177. The van der Waals surface area contributed by atoms with Crippen molar-refractivity contribution in [1.82, 2.24) is 4.90 Å². The second-order valence-electron chi connectivity index (χ2n) is 18.8. The summed E-state index contributed by atoms with van der Waals surface area (Å²) in [5.74, 6) is -0.214. The van der Waals surface area contributed by atoms with Crippen molar-refractivity contribution in [2.75, 3.05) is 33.9 Å². The number of esters is 3. The summed E-state index contributed by atoms with van der Waals surface area (Å²) in [6, 6.07) is 0. The minimum atomic E-state index is -0.543. The first-order valence-corrected chi connectivity index (χ1v) is 18.0. The van der Waals surface area contributed by atoms with Crippen LogP contribution in [0.3, 0.4) is 0 Å². The number of carbonyl (C=O) groups excluding carboxylic acids is 3. The first-order valence-electron chi connectivity index (χ1n) is 18.0. The molecule has 0 aliphatic heterocycles. The van der Waals surface area contributed by atoms with Gasteiger partial charge in [-0.05, 0) is 90.3 Å². The third-order valence-corrected chi connectivity index (χ3v) is 10.2. The van der Waals surface area contributed by atoms with Crippen molar-refractivity contribution >= 4 is 17.9 Å². The van der Waals surface area contributed by atoms with Gasteiger partial charge in [-0.1, -0.05) is 107 Å². The highest BCUT2D eigenvalue weighted by Gasteiger charge is 2.47. The summed E-state index contributed by atoms with van der Waals surface area (Å²) in [7, 11) is 4.01. The topological polar surface area (TPSA) is 82.1 Å². The molecule has 0 aromatic heterocycles. The van der Waals surface area contributed by atoms with Gasteiger partial charge in [0.2, 0.25) is 0 Å². The average Bonchev–Trinajstić information content (AvgIpc) is 2.89. The molecule has 0 unspecified atom stereocenters. The molecule has 7 nitrogen and oxygen atoms in total. The second kappa shape index (κ2) is 18.2. The van der Waals surface area contributed by atoms with E-state index in [2.05, 4.69) is 72.4 Å². The summed E-state index contributed by atoms with van der Waals surface area (Å²) in [5, 5.41) is 0. The molecule has 0 bridgehead atoms. The summed E-state index contributed by atoms with van der Waals surface area (Å²) < 4.78 is 17.7. The maximum absolute atomic E-state index is 13.3. The van der Waals surface area contributed by atoms with Crippen LogP contribution in [0.1, 0.15) is 136 Å². The Hall–Kier alpha value is -2.15. The van der Waals surface area contributed by atoms with Crippen LogP contribution in [0, 0.1) is 44.3 Å². The summed E-state index contributed by atoms with van der Waals surface area (Å²) in [5.41, 5.74) is -2.36. The fourth-order valence-electron chi connectivity index (χ4n) is 6.58. The molecule has 0 saturated heterocycles. The van der Waals surface area contributed by atoms with Crippen LogP contribution in [0.5, 0.6) is 0 Å². The van der Waals surface area contributed by atoms with Crippen LogP contribution in [0.25, 0.3) is 0 Å².